The molecule has 1 aliphatic heterocycles. The Morgan fingerprint density at radius 3 is 2.95 bits per heavy atom. The van der Waals surface area contributed by atoms with Crippen molar-refractivity contribution in [1.82, 2.24) is 19.4 Å². The first-order valence-corrected chi connectivity index (χ1v) is 7.03. The van der Waals surface area contributed by atoms with Crippen LogP contribution in [0.5, 0.6) is 0 Å². The molecule has 1 aliphatic rings. The topological polar surface area (TPSA) is 63.1 Å². The van der Waals surface area contributed by atoms with Gasteiger partial charge in [0, 0.05) is 39.3 Å². The number of hydrogen-bond donors (Lipinski definition) is 1. The predicted molar refractivity (Wildman–Crippen MR) is 77.4 cm³/mol. The van der Waals surface area contributed by atoms with Gasteiger partial charge in [-0.2, -0.15) is 0 Å². The smallest absolute Gasteiger partial charge is 0.224 e. The van der Waals surface area contributed by atoms with Gasteiger partial charge in [-0.1, -0.05) is 0 Å². The zero-order valence-corrected chi connectivity index (χ0v) is 11.7. The number of rotatable bonds is 4. The molecule has 0 aromatic carbocycles. The van der Waals surface area contributed by atoms with E-state index in [4.69, 9.17) is 0 Å². The van der Waals surface area contributed by atoms with Gasteiger partial charge in [0.25, 0.3) is 0 Å². The summed E-state index contributed by atoms with van der Waals surface area (Å²) in [5, 5.41) is 3.22. The molecule has 1 amide bonds. The van der Waals surface area contributed by atoms with Crippen LogP contribution in [-0.2, 0) is 11.8 Å². The normalized spacial score (nSPS) is 14.9. The molecule has 6 nitrogen and oxygen atoms in total. The van der Waals surface area contributed by atoms with Crippen molar-refractivity contribution in [2.75, 3.05) is 25.0 Å². The molecule has 3 heterocycles. The molecule has 0 spiro atoms. The Balaban J connectivity index is 1.61. The van der Waals surface area contributed by atoms with Crippen molar-refractivity contribution in [2.24, 2.45) is 7.05 Å². The first kappa shape index (κ1) is 12.9. The highest BCUT2D eigenvalue weighted by Gasteiger charge is 2.17. The molecule has 0 unspecified atom stereocenters. The number of nitrogens with zero attached hydrogens (tertiary/aromatic N) is 4. The van der Waals surface area contributed by atoms with E-state index in [-0.39, 0.29) is 5.91 Å². The number of nitrogens with one attached hydrogen (secondary N) is 1. The Morgan fingerprint density at radius 1 is 1.35 bits per heavy atom. The molecule has 0 aliphatic carbocycles. The van der Waals surface area contributed by atoms with Crippen molar-refractivity contribution in [1.29, 1.82) is 0 Å². The maximum atomic E-state index is 11.9. The SMILES string of the molecule is Cn1cnc2c(NCCC(=O)N3CCCC3)nccc21. The Kier molecular flexibility index (Phi) is 3.54. The Bertz CT molecular complexity index is 615. The summed E-state index contributed by atoms with van der Waals surface area (Å²) < 4.78 is 1.96. The number of pyridine rings is 1. The van der Waals surface area contributed by atoms with E-state index in [2.05, 4.69) is 15.3 Å². The number of carbonyl (C=O) groups excluding carboxylic acids is 1. The molecule has 3 rings (SSSR count). The van der Waals surface area contributed by atoms with E-state index in [9.17, 15) is 4.79 Å². The highest BCUT2D eigenvalue weighted by molar-refractivity contribution is 5.86. The summed E-state index contributed by atoms with van der Waals surface area (Å²) in [6.45, 7) is 2.41. The minimum Gasteiger partial charge on any atom is -0.368 e. The van der Waals surface area contributed by atoms with Gasteiger partial charge in [-0.05, 0) is 18.9 Å². The monoisotopic (exact) mass is 273 g/mol. The van der Waals surface area contributed by atoms with Crippen LogP contribution in [0, 0.1) is 0 Å². The van der Waals surface area contributed by atoms with Gasteiger partial charge < -0.3 is 14.8 Å². The Hall–Kier alpha value is -2.11. The number of hydrogen-bond acceptors (Lipinski definition) is 4. The van der Waals surface area contributed by atoms with Crippen molar-refractivity contribution < 1.29 is 4.79 Å². The summed E-state index contributed by atoms with van der Waals surface area (Å²) >= 11 is 0. The van der Waals surface area contributed by atoms with Gasteiger partial charge in [0.1, 0.15) is 5.52 Å². The number of fused-ring (bicyclic) bond motifs is 1. The van der Waals surface area contributed by atoms with E-state index in [1.54, 1.807) is 12.5 Å². The quantitative estimate of drug-likeness (QED) is 0.914. The van der Waals surface area contributed by atoms with E-state index >= 15 is 0 Å². The third-order valence-corrected chi connectivity index (χ3v) is 3.73. The lowest BCUT2D eigenvalue weighted by Gasteiger charge is -2.15. The fourth-order valence-electron chi connectivity index (χ4n) is 2.60. The summed E-state index contributed by atoms with van der Waals surface area (Å²) in [5.74, 6) is 0.973. The minimum absolute atomic E-state index is 0.225. The van der Waals surface area contributed by atoms with Crippen molar-refractivity contribution >= 4 is 22.8 Å². The lowest BCUT2D eigenvalue weighted by atomic mass is 10.3. The van der Waals surface area contributed by atoms with Gasteiger partial charge in [0.15, 0.2) is 5.82 Å². The zero-order valence-electron chi connectivity index (χ0n) is 11.7. The Morgan fingerprint density at radius 2 is 2.15 bits per heavy atom. The van der Waals surface area contributed by atoms with Crippen molar-refractivity contribution in [3.63, 3.8) is 0 Å². The number of anilines is 1. The van der Waals surface area contributed by atoms with Gasteiger partial charge in [0.2, 0.25) is 5.91 Å². The zero-order chi connectivity index (χ0) is 13.9. The van der Waals surface area contributed by atoms with E-state index < -0.39 is 0 Å². The maximum Gasteiger partial charge on any atom is 0.224 e. The summed E-state index contributed by atoms with van der Waals surface area (Å²) in [6, 6.07) is 1.93. The molecule has 0 radical (unpaired) electrons. The molecule has 2 aromatic rings. The van der Waals surface area contributed by atoms with Gasteiger partial charge in [0.05, 0.1) is 11.8 Å². The van der Waals surface area contributed by atoms with Crippen LogP contribution in [0.3, 0.4) is 0 Å². The van der Waals surface area contributed by atoms with Crippen molar-refractivity contribution in [3.05, 3.63) is 18.6 Å². The molecular formula is C14H19N5O. The van der Waals surface area contributed by atoms with Gasteiger partial charge in [-0.3, -0.25) is 4.79 Å². The van der Waals surface area contributed by atoms with Gasteiger partial charge in [-0.25, -0.2) is 9.97 Å². The Labute approximate surface area is 117 Å². The summed E-state index contributed by atoms with van der Waals surface area (Å²) in [5.41, 5.74) is 1.89. The van der Waals surface area contributed by atoms with Crippen LogP contribution in [0.4, 0.5) is 5.82 Å². The molecule has 1 saturated heterocycles. The largest absolute Gasteiger partial charge is 0.368 e. The number of amides is 1. The maximum absolute atomic E-state index is 11.9. The van der Waals surface area contributed by atoms with Gasteiger partial charge >= 0.3 is 0 Å². The lowest BCUT2D eigenvalue weighted by Crippen LogP contribution is -2.29. The first-order valence-electron chi connectivity index (χ1n) is 7.03. The van der Waals surface area contributed by atoms with Crippen molar-refractivity contribution in [3.8, 4) is 0 Å². The van der Waals surface area contributed by atoms with Crippen LogP contribution in [-0.4, -0.2) is 45.0 Å². The molecule has 106 valence electrons. The summed E-state index contributed by atoms with van der Waals surface area (Å²) in [7, 11) is 1.95. The fourth-order valence-corrected chi connectivity index (χ4v) is 2.60. The average molecular weight is 273 g/mol. The van der Waals surface area contributed by atoms with Crippen LogP contribution < -0.4 is 5.32 Å². The molecule has 6 heteroatoms. The second kappa shape index (κ2) is 5.48. The molecular weight excluding hydrogens is 254 g/mol. The molecule has 2 aromatic heterocycles. The van der Waals surface area contributed by atoms with Crippen LogP contribution in [0.1, 0.15) is 19.3 Å². The molecule has 1 fully saturated rings. The predicted octanol–water partition coefficient (Wildman–Crippen LogP) is 1.39. The second-order valence-corrected chi connectivity index (χ2v) is 5.15. The highest BCUT2D eigenvalue weighted by Crippen LogP contribution is 2.18. The van der Waals surface area contributed by atoms with Crippen LogP contribution in [0.25, 0.3) is 11.0 Å². The third-order valence-electron chi connectivity index (χ3n) is 3.73. The van der Waals surface area contributed by atoms with E-state index in [0.717, 1.165) is 42.8 Å². The lowest BCUT2D eigenvalue weighted by molar-refractivity contribution is -0.129. The van der Waals surface area contributed by atoms with Gasteiger partial charge in [-0.15, -0.1) is 0 Å². The third kappa shape index (κ3) is 2.45. The van der Waals surface area contributed by atoms with Crippen LogP contribution in [0.2, 0.25) is 0 Å². The standard InChI is InChI=1S/C14H19N5O/c1-18-10-17-13-11(18)4-6-15-14(13)16-7-5-12(20)19-8-2-3-9-19/h4,6,10H,2-3,5,7-9H2,1H3,(H,15,16). The van der Waals surface area contributed by atoms with E-state index in [1.807, 2.05) is 22.6 Å². The summed E-state index contributed by atoms with van der Waals surface area (Å²) in [4.78, 5) is 22.5. The summed E-state index contributed by atoms with van der Waals surface area (Å²) in [6.07, 6.45) is 6.30. The molecule has 0 bridgehead atoms. The average Bonchev–Trinajstić information content (AvgIpc) is 3.10. The molecule has 0 atom stereocenters. The number of likely N-dealkylation sites (tertiary alicyclic amines) is 1. The van der Waals surface area contributed by atoms with Crippen LogP contribution in [0.15, 0.2) is 18.6 Å². The number of aromatic nitrogens is 3. The fraction of sp³-hybridized carbons (Fsp3) is 0.500. The second-order valence-electron chi connectivity index (χ2n) is 5.15. The van der Waals surface area contributed by atoms with E-state index in [0.29, 0.717) is 13.0 Å². The number of aryl methyl sites for hydroxylation is 1. The van der Waals surface area contributed by atoms with E-state index in [1.165, 1.54) is 0 Å². The number of imidazole rings is 1. The molecule has 0 saturated carbocycles. The minimum atomic E-state index is 0.225. The highest BCUT2D eigenvalue weighted by atomic mass is 16.2. The molecule has 1 N–H and O–H groups in total. The first-order chi connectivity index (χ1) is 9.75. The van der Waals surface area contributed by atoms with Crippen molar-refractivity contribution in [2.45, 2.75) is 19.3 Å². The van der Waals surface area contributed by atoms with Crippen LogP contribution >= 0.6 is 0 Å². The molecule has 20 heavy (non-hydrogen) atoms. The number of carbonyl (C=O) groups is 1.